The van der Waals surface area contributed by atoms with Crippen LogP contribution in [0.1, 0.15) is 13.3 Å². The molecule has 110 valence electrons. The summed E-state index contributed by atoms with van der Waals surface area (Å²) in [6.07, 6.45) is 0.708. The zero-order valence-corrected chi connectivity index (χ0v) is 12.4. The summed E-state index contributed by atoms with van der Waals surface area (Å²) in [6.45, 7) is 7.36. The van der Waals surface area contributed by atoms with Crippen LogP contribution in [0.4, 0.5) is 0 Å². The molecule has 1 unspecified atom stereocenters. The fraction of sp³-hybridized carbons (Fsp3) is 1.00. The molecule has 0 aromatic heterocycles. The molecule has 18 heavy (non-hydrogen) atoms. The Labute approximate surface area is 112 Å². The van der Waals surface area contributed by atoms with Crippen LogP contribution in [0, 0.1) is 0 Å². The van der Waals surface area contributed by atoms with E-state index in [-0.39, 0.29) is 0 Å². The van der Waals surface area contributed by atoms with Gasteiger partial charge >= 0.3 is 0 Å². The molecule has 0 amide bonds. The number of likely N-dealkylation sites (N-methyl/N-ethyl adjacent to an activating group) is 1. The lowest BCUT2D eigenvalue weighted by atomic mass is 10.3. The average Bonchev–Trinajstić information content (AvgIpc) is 2.33. The predicted octanol–water partition coefficient (Wildman–Crippen LogP) is 0.284. The molecule has 0 aliphatic heterocycles. The SMILES string of the molecule is CCN(CCCN(C)C)CC(O)COCCOC. The van der Waals surface area contributed by atoms with E-state index < -0.39 is 6.10 Å². The molecule has 0 aliphatic carbocycles. The summed E-state index contributed by atoms with van der Waals surface area (Å²) in [5.74, 6) is 0. The first kappa shape index (κ1) is 17.8. The number of aliphatic hydroxyl groups is 1. The van der Waals surface area contributed by atoms with E-state index in [0.717, 1.165) is 26.1 Å². The minimum Gasteiger partial charge on any atom is -0.389 e. The van der Waals surface area contributed by atoms with Crippen LogP contribution < -0.4 is 0 Å². The Hall–Kier alpha value is -0.200. The van der Waals surface area contributed by atoms with Crippen LogP contribution >= 0.6 is 0 Å². The average molecular weight is 262 g/mol. The normalized spacial score (nSPS) is 13.5. The van der Waals surface area contributed by atoms with E-state index in [0.29, 0.717) is 26.4 Å². The second-order valence-corrected chi connectivity index (χ2v) is 4.77. The molecule has 0 aromatic carbocycles. The van der Waals surface area contributed by atoms with E-state index in [2.05, 4.69) is 30.8 Å². The van der Waals surface area contributed by atoms with Gasteiger partial charge in [-0.3, -0.25) is 0 Å². The molecule has 0 rings (SSSR count). The molecule has 5 nitrogen and oxygen atoms in total. The molecular formula is C13H30N2O3. The molecule has 0 aromatic rings. The lowest BCUT2D eigenvalue weighted by Gasteiger charge is -2.24. The smallest absolute Gasteiger partial charge is 0.0900 e. The van der Waals surface area contributed by atoms with Crippen molar-refractivity contribution in [3.63, 3.8) is 0 Å². The zero-order chi connectivity index (χ0) is 13.8. The largest absolute Gasteiger partial charge is 0.389 e. The highest BCUT2D eigenvalue weighted by molar-refractivity contribution is 4.63. The summed E-state index contributed by atoms with van der Waals surface area (Å²) >= 11 is 0. The maximum atomic E-state index is 9.84. The summed E-state index contributed by atoms with van der Waals surface area (Å²) < 4.78 is 10.2. The summed E-state index contributed by atoms with van der Waals surface area (Å²) in [4.78, 5) is 4.44. The second kappa shape index (κ2) is 11.9. The van der Waals surface area contributed by atoms with E-state index in [1.807, 2.05) is 0 Å². The van der Waals surface area contributed by atoms with Crippen molar-refractivity contribution >= 4 is 0 Å². The third kappa shape index (κ3) is 10.9. The first-order valence-corrected chi connectivity index (χ1v) is 6.72. The Morgan fingerprint density at radius 1 is 1.17 bits per heavy atom. The van der Waals surface area contributed by atoms with Crippen LogP contribution in [0.15, 0.2) is 0 Å². The van der Waals surface area contributed by atoms with Gasteiger partial charge in [-0.1, -0.05) is 6.92 Å². The van der Waals surface area contributed by atoms with Crippen LogP contribution in [0.25, 0.3) is 0 Å². The van der Waals surface area contributed by atoms with E-state index in [9.17, 15) is 5.11 Å². The van der Waals surface area contributed by atoms with E-state index in [1.54, 1.807) is 7.11 Å². The lowest BCUT2D eigenvalue weighted by Crippen LogP contribution is -2.36. The fourth-order valence-electron chi connectivity index (χ4n) is 1.70. The zero-order valence-electron chi connectivity index (χ0n) is 12.4. The van der Waals surface area contributed by atoms with Gasteiger partial charge in [-0.25, -0.2) is 0 Å². The highest BCUT2D eigenvalue weighted by Gasteiger charge is 2.10. The topological polar surface area (TPSA) is 45.2 Å². The maximum absolute atomic E-state index is 9.84. The molecule has 0 aliphatic rings. The number of nitrogens with zero attached hydrogens (tertiary/aromatic N) is 2. The number of rotatable bonds is 12. The van der Waals surface area contributed by atoms with Crippen molar-refractivity contribution in [2.24, 2.45) is 0 Å². The van der Waals surface area contributed by atoms with Crippen LogP contribution in [0.5, 0.6) is 0 Å². The van der Waals surface area contributed by atoms with Crippen molar-refractivity contribution in [3.05, 3.63) is 0 Å². The van der Waals surface area contributed by atoms with Crippen molar-refractivity contribution in [1.82, 2.24) is 9.80 Å². The van der Waals surface area contributed by atoms with Crippen molar-refractivity contribution < 1.29 is 14.6 Å². The molecule has 5 heteroatoms. The summed E-state index contributed by atoms with van der Waals surface area (Å²) in [7, 11) is 5.80. The minimum absolute atomic E-state index is 0.382. The molecule has 0 spiro atoms. The monoisotopic (exact) mass is 262 g/mol. The molecular weight excluding hydrogens is 232 g/mol. The maximum Gasteiger partial charge on any atom is 0.0900 e. The lowest BCUT2D eigenvalue weighted by molar-refractivity contribution is -0.000193. The Morgan fingerprint density at radius 3 is 2.44 bits per heavy atom. The summed E-state index contributed by atoms with van der Waals surface area (Å²) in [6, 6.07) is 0. The van der Waals surface area contributed by atoms with Crippen LogP contribution in [0.3, 0.4) is 0 Å². The Kier molecular flexibility index (Phi) is 11.7. The van der Waals surface area contributed by atoms with Crippen molar-refractivity contribution in [3.8, 4) is 0 Å². The van der Waals surface area contributed by atoms with Gasteiger partial charge in [0, 0.05) is 13.7 Å². The first-order chi connectivity index (χ1) is 8.60. The van der Waals surface area contributed by atoms with Crippen molar-refractivity contribution in [2.75, 3.05) is 67.2 Å². The van der Waals surface area contributed by atoms with Gasteiger partial charge in [0.1, 0.15) is 0 Å². The van der Waals surface area contributed by atoms with Gasteiger partial charge in [-0.15, -0.1) is 0 Å². The quantitative estimate of drug-likeness (QED) is 0.512. The summed E-state index contributed by atoms with van der Waals surface area (Å²) in [5, 5.41) is 9.84. The molecule has 0 saturated carbocycles. The number of ether oxygens (including phenoxy) is 2. The van der Waals surface area contributed by atoms with Crippen LogP contribution in [0.2, 0.25) is 0 Å². The third-order valence-corrected chi connectivity index (χ3v) is 2.74. The van der Waals surface area contributed by atoms with Gasteiger partial charge in [-0.2, -0.15) is 0 Å². The van der Waals surface area contributed by atoms with Gasteiger partial charge < -0.3 is 24.4 Å². The number of hydrogen-bond acceptors (Lipinski definition) is 5. The molecule has 0 heterocycles. The van der Waals surface area contributed by atoms with Gasteiger partial charge in [0.2, 0.25) is 0 Å². The molecule has 0 radical (unpaired) electrons. The van der Waals surface area contributed by atoms with Crippen LogP contribution in [-0.2, 0) is 9.47 Å². The molecule has 1 N–H and O–H groups in total. The van der Waals surface area contributed by atoms with E-state index in [1.165, 1.54) is 0 Å². The molecule has 1 atom stereocenters. The predicted molar refractivity (Wildman–Crippen MR) is 74.0 cm³/mol. The fourth-order valence-corrected chi connectivity index (χ4v) is 1.70. The molecule has 0 bridgehead atoms. The Bertz CT molecular complexity index is 180. The molecule has 0 saturated heterocycles. The molecule has 0 fully saturated rings. The van der Waals surface area contributed by atoms with Gasteiger partial charge in [0.15, 0.2) is 0 Å². The van der Waals surface area contributed by atoms with E-state index in [4.69, 9.17) is 9.47 Å². The number of methoxy groups -OCH3 is 1. The second-order valence-electron chi connectivity index (χ2n) is 4.77. The number of hydrogen-bond donors (Lipinski definition) is 1. The van der Waals surface area contributed by atoms with Crippen LogP contribution in [-0.4, -0.2) is 88.2 Å². The highest BCUT2D eigenvalue weighted by atomic mass is 16.5. The van der Waals surface area contributed by atoms with E-state index >= 15 is 0 Å². The van der Waals surface area contributed by atoms with Crippen molar-refractivity contribution in [2.45, 2.75) is 19.4 Å². The van der Waals surface area contributed by atoms with Gasteiger partial charge in [-0.05, 0) is 40.2 Å². The third-order valence-electron chi connectivity index (χ3n) is 2.74. The summed E-state index contributed by atoms with van der Waals surface area (Å²) in [5.41, 5.74) is 0. The Balaban J connectivity index is 3.62. The van der Waals surface area contributed by atoms with Gasteiger partial charge in [0.25, 0.3) is 0 Å². The van der Waals surface area contributed by atoms with Gasteiger partial charge in [0.05, 0.1) is 25.9 Å². The number of aliphatic hydroxyl groups excluding tert-OH is 1. The standard InChI is InChI=1S/C13H30N2O3/c1-5-15(8-6-7-14(2)3)11-13(16)12-18-10-9-17-4/h13,16H,5-12H2,1-4H3. The van der Waals surface area contributed by atoms with Crippen molar-refractivity contribution in [1.29, 1.82) is 0 Å². The minimum atomic E-state index is -0.416. The highest BCUT2D eigenvalue weighted by Crippen LogP contribution is 1.97. The Morgan fingerprint density at radius 2 is 1.89 bits per heavy atom. The first-order valence-electron chi connectivity index (χ1n) is 6.72.